The minimum atomic E-state index is 0.299. The van der Waals surface area contributed by atoms with Crippen LogP contribution >= 0.6 is 11.8 Å². The van der Waals surface area contributed by atoms with Crippen molar-refractivity contribution in [1.82, 2.24) is 9.97 Å². The predicted molar refractivity (Wildman–Crippen MR) is 79.7 cm³/mol. The molecule has 2 heterocycles. The average Bonchev–Trinajstić information content (AvgIpc) is 2.87. The van der Waals surface area contributed by atoms with Gasteiger partial charge in [-0.1, -0.05) is 25.1 Å². The van der Waals surface area contributed by atoms with Gasteiger partial charge in [0.25, 0.3) is 0 Å². The molecule has 2 rings (SSSR count). The second kappa shape index (κ2) is 6.96. The summed E-state index contributed by atoms with van der Waals surface area (Å²) in [5.74, 6) is 2.51. The summed E-state index contributed by atoms with van der Waals surface area (Å²) in [4.78, 5) is 11.1. The third-order valence-electron chi connectivity index (χ3n) is 3.24. The molecule has 6 heteroatoms. The molecule has 0 unspecified atom stereocenters. The molecule has 0 bridgehead atoms. The lowest BCUT2D eigenvalue weighted by Gasteiger charge is -2.18. The van der Waals surface area contributed by atoms with E-state index in [1.165, 1.54) is 12.8 Å². The standard InChI is InChI=1S/C13H22N4OS/c1-3-4-7-19-13-15-11(14)8-12(16-13)17-6-5-10(9-17)18-2/h8,10H,3-7,9H2,1-2H3,(H2,14,15,16)/t10-/m1/s1. The van der Waals surface area contributed by atoms with Gasteiger partial charge in [0.1, 0.15) is 11.6 Å². The second-order valence-electron chi connectivity index (χ2n) is 4.73. The van der Waals surface area contributed by atoms with Crippen molar-refractivity contribution in [3.8, 4) is 0 Å². The van der Waals surface area contributed by atoms with E-state index in [4.69, 9.17) is 10.5 Å². The highest BCUT2D eigenvalue weighted by Crippen LogP contribution is 2.24. The van der Waals surface area contributed by atoms with Gasteiger partial charge >= 0.3 is 0 Å². The van der Waals surface area contributed by atoms with Gasteiger partial charge in [-0.2, -0.15) is 0 Å². The fourth-order valence-corrected chi connectivity index (χ4v) is 3.04. The van der Waals surface area contributed by atoms with E-state index >= 15 is 0 Å². The van der Waals surface area contributed by atoms with Gasteiger partial charge in [0, 0.05) is 32.0 Å². The highest BCUT2D eigenvalue weighted by Gasteiger charge is 2.23. The number of anilines is 2. The van der Waals surface area contributed by atoms with Crippen LogP contribution in [0.3, 0.4) is 0 Å². The van der Waals surface area contributed by atoms with Gasteiger partial charge < -0.3 is 15.4 Å². The number of hydrogen-bond acceptors (Lipinski definition) is 6. The van der Waals surface area contributed by atoms with E-state index < -0.39 is 0 Å². The van der Waals surface area contributed by atoms with Crippen LogP contribution in [0.15, 0.2) is 11.2 Å². The zero-order chi connectivity index (χ0) is 13.7. The minimum Gasteiger partial charge on any atom is -0.383 e. The van der Waals surface area contributed by atoms with Gasteiger partial charge in [-0.3, -0.25) is 0 Å². The molecule has 0 amide bonds. The molecule has 1 aromatic rings. The Labute approximate surface area is 118 Å². The van der Waals surface area contributed by atoms with Crippen molar-refractivity contribution in [2.75, 3.05) is 36.6 Å². The van der Waals surface area contributed by atoms with Gasteiger partial charge in [0.05, 0.1) is 6.10 Å². The topological polar surface area (TPSA) is 64.3 Å². The Balaban J connectivity index is 2.04. The average molecular weight is 282 g/mol. The summed E-state index contributed by atoms with van der Waals surface area (Å²) in [6, 6.07) is 1.85. The van der Waals surface area contributed by atoms with Crippen LogP contribution in [0.25, 0.3) is 0 Å². The molecule has 1 atom stereocenters. The van der Waals surface area contributed by atoms with Crippen LogP contribution in [-0.2, 0) is 4.74 Å². The summed E-state index contributed by atoms with van der Waals surface area (Å²) in [6.45, 7) is 4.03. The summed E-state index contributed by atoms with van der Waals surface area (Å²) < 4.78 is 5.38. The van der Waals surface area contributed by atoms with Crippen molar-refractivity contribution in [2.24, 2.45) is 0 Å². The van der Waals surface area contributed by atoms with Crippen molar-refractivity contribution in [3.05, 3.63) is 6.07 Å². The van der Waals surface area contributed by atoms with Crippen molar-refractivity contribution >= 4 is 23.4 Å². The lowest BCUT2D eigenvalue weighted by atomic mass is 10.3. The Kier molecular flexibility index (Phi) is 5.27. The second-order valence-corrected chi connectivity index (χ2v) is 5.79. The number of thioether (sulfide) groups is 1. The zero-order valence-electron chi connectivity index (χ0n) is 11.6. The first-order valence-electron chi connectivity index (χ1n) is 6.78. The Morgan fingerprint density at radius 3 is 3.05 bits per heavy atom. The number of hydrogen-bond donors (Lipinski definition) is 1. The van der Waals surface area contributed by atoms with Crippen molar-refractivity contribution in [2.45, 2.75) is 37.4 Å². The number of rotatable bonds is 6. The Morgan fingerprint density at radius 1 is 1.53 bits per heavy atom. The van der Waals surface area contributed by atoms with Crippen molar-refractivity contribution in [1.29, 1.82) is 0 Å². The number of nitrogens with two attached hydrogens (primary N) is 1. The fourth-order valence-electron chi connectivity index (χ4n) is 2.09. The molecule has 1 fully saturated rings. The number of nitrogens with zero attached hydrogens (tertiary/aromatic N) is 3. The number of nitrogen functional groups attached to an aromatic ring is 1. The molecule has 1 saturated heterocycles. The van der Waals surface area contributed by atoms with E-state index in [0.29, 0.717) is 11.9 Å². The number of methoxy groups -OCH3 is 1. The van der Waals surface area contributed by atoms with Crippen LogP contribution in [0.2, 0.25) is 0 Å². The SMILES string of the molecule is CCCCSc1nc(N)cc(N2CC[C@@H](OC)C2)n1. The van der Waals surface area contributed by atoms with E-state index in [1.807, 2.05) is 6.07 Å². The molecule has 19 heavy (non-hydrogen) atoms. The van der Waals surface area contributed by atoms with Gasteiger partial charge in [0.15, 0.2) is 5.16 Å². The maximum Gasteiger partial charge on any atom is 0.191 e. The summed E-state index contributed by atoms with van der Waals surface area (Å²) in [5, 5.41) is 0.782. The van der Waals surface area contributed by atoms with E-state index in [2.05, 4.69) is 21.8 Å². The van der Waals surface area contributed by atoms with Crippen LogP contribution in [0.1, 0.15) is 26.2 Å². The third-order valence-corrected chi connectivity index (χ3v) is 4.18. The first kappa shape index (κ1) is 14.4. The molecule has 5 nitrogen and oxygen atoms in total. The van der Waals surface area contributed by atoms with Crippen LogP contribution in [-0.4, -0.2) is 42.0 Å². The minimum absolute atomic E-state index is 0.299. The molecule has 0 radical (unpaired) electrons. The van der Waals surface area contributed by atoms with Crippen LogP contribution in [0.5, 0.6) is 0 Å². The molecule has 0 saturated carbocycles. The first-order valence-corrected chi connectivity index (χ1v) is 7.76. The summed E-state index contributed by atoms with van der Waals surface area (Å²) in [7, 11) is 1.76. The Hall–Kier alpha value is -1.01. The van der Waals surface area contributed by atoms with Crippen LogP contribution < -0.4 is 10.6 Å². The van der Waals surface area contributed by atoms with Gasteiger partial charge in [-0.05, 0) is 12.8 Å². The lowest BCUT2D eigenvalue weighted by Crippen LogP contribution is -2.23. The summed E-state index contributed by atoms with van der Waals surface area (Å²) in [6.07, 6.45) is 3.70. The largest absolute Gasteiger partial charge is 0.383 e. The predicted octanol–water partition coefficient (Wildman–Crippen LogP) is 2.18. The molecule has 1 aliphatic rings. The van der Waals surface area contributed by atoms with E-state index in [-0.39, 0.29) is 0 Å². The Morgan fingerprint density at radius 2 is 2.37 bits per heavy atom. The smallest absolute Gasteiger partial charge is 0.191 e. The molecule has 0 aromatic carbocycles. The first-order chi connectivity index (χ1) is 9.22. The molecule has 106 valence electrons. The van der Waals surface area contributed by atoms with Gasteiger partial charge in [-0.25, -0.2) is 9.97 Å². The van der Waals surface area contributed by atoms with Gasteiger partial charge in [0.2, 0.25) is 0 Å². The lowest BCUT2D eigenvalue weighted by molar-refractivity contribution is 0.121. The summed E-state index contributed by atoms with van der Waals surface area (Å²) >= 11 is 1.68. The van der Waals surface area contributed by atoms with Crippen molar-refractivity contribution in [3.63, 3.8) is 0 Å². The third kappa shape index (κ3) is 3.98. The summed E-state index contributed by atoms with van der Waals surface area (Å²) in [5.41, 5.74) is 5.88. The quantitative estimate of drug-likeness (QED) is 0.490. The zero-order valence-corrected chi connectivity index (χ0v) is 12.4. The Bertz CT molecular complexity index is 416. The number of aromatic nitrogens is 2. The molecule has 1 aliphatic heterocycles. The highest BCUT2D eigenvalue weighted by molar-refractivity contribution is 7.99. The van der Waals surface area contributed by atoms with E-state index in [9.17, 15) is 0 Å². The van der Waals surface area contributed by atoms with Crippen molar-refractivity contribution < 1.29 is 4.74 Å². The van der Waals surface area contributed by atoms with Crippen LogP contribution in [0, 0.1) is 0 Å². The molecule has 0 spiro atoms. The highest BCUT2D eigenvalue weighted by atomic mass is 32.2. The van der Waals surface area contributed by atoms with Gasteiger partial charge in [-0.15, -0.1) is 0 Å². The number of ether oxygens (including phenoxy) is 1. The maximum atomic E-state index is 5.88. The number of unbranched alkanes of at least 4 members (excludes halogenated alkanes) is 1. The molecule has 1 aromatic heterocycles. The van der Waals surface area contributed by atoms with Crippen LogP contribution in [0.4, 0.5) is 11.6 Å². The molecular formula is C13H22N4OS. The molecule has 2 N–H and O–H groups in total. The molecule has 0 aliphatic carbocycles. The fraction of sp³-hybridized carbons (Fsp3) is 0.692. The van der Waals surface area contributed by atoms with E-state index in [1.54, 1.807) is 18.9 Å². The normalized spacial score (nSPS) is 19.1. The monoisotopic (exact) mass is 282 g/mol. The van der Waals surface area contributed by atoms with E-state index in [0.717, 1.165) is 36.2 Å². The molecular weight excluding hydrogens is 260 g/mol. The maximum absolute atomic E-state index is 5.88.